The second-order valence-electron chi connectivity index (χ2n) is 5.25. The summed E-state index contributed by atoms with van der Waals surface area (Å²) in [6.45, 7) is 7.36. The van der Waals surface area contributed by atoms with Crippen LogP contribution in [0.15, 0.2) is 24.4 Å². The number of halogens is 1. The van der Waals surface area contributed by atoms with Crippen LogP contribution in [-0.2, 0) is 7.05 Å². The van der Waals surface area contributed by atoms with Gasteiger partial charge in [-0.3, -0.25) is 4.68 Å². The molecule has 0 spiro atoms. The van der Waals surface area contributed by atoms with Crippen molar-refractivity contribution in [2.45, 2.75) is 33.2 Å². The number of aryl methyl sites for hydroxylation is 3. The molecule has 0 amide bonds. The molecule has 1 atom stereocenters. The zero-order valence-electron chi connectivity index (χ0n) is 12.6. The van der Waals surface area contributed by atoms with Crippen LogP contribution in [0, 0.1) is 13.8 Å². The Balaban J connectivity index is 2.50. The molecule has 3 nitrogen and oxygen atoms in total. The summed E-state index contributed by atoms with van der Waals surface area (Å²) in [4.78, 5) is 0. The van der Waals surface area contributed by atoms with Crippen molar-refractivity contribution in [3.8, 4) is 0 Å². The van der Waals surface area contributed by atoms with Crippen molar-refractivity contribution in [2.75, 3.05) is 6.54 Å². The van der Waals surface area contributed by atoms with Crippen LogP contribution in [0.2, 0.25) is 5.02 Å². The van der Waals surface area contributed by atoms with Gasteiger partial charge in [0.05, 0.1) is 23.0 Å². The van der Waals surface area contributed by atoms with Crippen LogP contribution >= 0.6 is 11.6 Å². The van der Waals surface area contributed by atoms with Crippen molar-refractivity contribution in [1.82, 2.24) is 15.1 Å². The second kappa shape index (κ2) is 6.42. The lowest BCUT2D eigenvalue weighted by Crippen LogP contribution is -2.26. The SMILES string of the molecule is CCCNC(c1cc(C)ccc1C)c1c(Cl)cnn1C. The van der Waals surface area contributed by atoms with Crippen molar-refractivity contribution >= 4 is 11.6 Å². The summed E-state index contributed by atoms with van der Waals surface area (Å²) in [6, 6.07) is 6.61. The first kappa shape index (κ1) is 15.1. The average molecular weight is 292 g/mol. The monoisotopic (exact) mass is 291 g/mol. The molecule has 4 heteroatoms. The van der Waals surface area contributed by atoms with Crippen molar-refractivity contribution in [1.29, 1.82) is 0 Å². The number of nitrogens with one attached hydrogen (secondary N) is 1. The third-order valence-electron chi connectivity index (χ3n) is 3.56. The Bertz CT molecular complexity index is 570. The molecule has 0 bridgehead atoms. The van der Waals surface area contributed by atoms with E-state index in [1.165, 1.54) is 16.7 Å². The van der Waals surface area contributed by atoms with E-state index in [1.54, 1.807) is 6.20 Å². The topological polar surface area (TPSA) is 29.9 Å². The highest BCUT2D eigenvalue weighted by atomic mass is 35.5. The highest BCUT2D eigenvalue weighted by Crippen LogP contribution is 2.30. The summed E-state index contributed by atoms with van der Waals surface area (Å²) in [5.41, 5.74) is 4.81. The number of rotatable bonds is 5. The maximum absolute atomic E-state index is 6.34. The summed E-state index contributed by atoms with van der Waals surface area (Å²) in [7, 11) is 1.94. The second-order valence-corrected chi connectivity index (χ2v) is 5.66. The summed E-state index contributed by atoms with van der Waals surface area (Å²) in [6.07, 6.45) is 2.79. The van der Waals surface area contributed by atoms with E-state index in [9.17, 15) is 0 Å². The molecule has 0 aliphatic heterocycles. The van der Waals surface area contributed by atoms with Crippen LogP contribution in [0.5, 0.6) is 0 Å². The molecule has 20 heavy (non-hydrogen) atoms. The molecule has 1 aromatic carbocycles. The summed E-state index contributed by atoms with van der Waals surface area (Å²) < 4.78 is 1.86. The Morgan fingerprint density at radius 3 is 2.70 bits per heavy atom. The zero-order chi connectivity index (χ0) is 14.7. The molecule has 0 fully saturated rings. The molecular formula is C16H22ClN3. The van der Waals surface area contributed by atoms with Crippen molar-refractivity contribution in [3.05, 3.63) is 51.8 Å². The van der Waals surface area contributed by atoms with Gasteiger partial charge in [-0.25, -0.2) is 0 Å². The molecular weight excluding hydrogens is 270 g/mol. The fourth-order valence-electron chi connectivity index (χ4n) is 2.46. The van der Waals surface area contributed by atoms with Gasteiger partial charge in [0.25, 0.3) is 0 Å². The van der Waals surface area contributed by atoms with Gasteiger partial charge >= 0.3 is 0 Å². The van der Waals surface area contributed by atoms with Crippen LogP contribution < -0.4 is 5.32 Å². The van der Waals surface area contributed by atoms with Gasteiger partial charge in [0.1, 0.15) is 0 Å². The minimum absolute atomic E-state index is 0.0786. The summed E-state index contributed by atoms with van der Waals surface area (Å²) in [5, 5.41) is 8.57. The number of hydrogen-bond donors (Lipinski definition) is 1. The lowest BCUT2D eigenvalue weighted by molar-refractivity contribution is 0.552. The maximum Gasteiger partial charge on any atom is 0.0837 e. The molecule has 0 radical (unpaired) electrons. The van der Waals surface area contributed by atoms with Gasteiger partial charge in [-0.05, 0) is 37.9 Å². The molecule has 2 aromatic rings. The molecule has 0 aliphatic carbocycles. The van der Waals surface area contributed by atoms with Crippen molar-refractivity contribution in [3.63, 3.8) is 0 Å². The van der Waals surface area contributed by atoms with Gasteiger partial charge in [0, 0.05) is 7.05 Å². The molecule has 108 valence electrons. The fourth-order valence-corrected chi connectivity index (χ4v) is 2.73. The Hall–Kier alpha value is -1.32. The number of hydrogen-bond acceptors (Lipinski definition) is 2. The van der Waals surface area contributed by atoms with Crippen LogP contribution in [0.3, 0.4) is 0 Å². The first-order valence-corrected chi connectivity index (χ1v) is 7.40. The van der Waals surface area contributed by atoms with Crippen LogP contribution in [0.1, 0.15) is 41.8 Å². The predicted molar refractivity (Wildman–Crippen MR) is 84.3 cm³/mol. The Morgan fingerprint density at radius 1 is 1.35 bits per heavy atom. The van der Waals surface area contributed by atoms with E-state index in [2.05, 4.69) is 49.4 Å². The van der Waals surface area contributed by atoms with Crippen molar-refractivity contribution < 1.29 is 0 Å². The number of benzene rings is 1. The molecule has 0 saturated heterocycles. The van der Waals surface area contributed by atoms with E-state index in [0.717, 1.165) is 18.7 Å². The lowest BCUT2D eigenvalue weighted by Gasteiger charge is -2.22. The third kappa shape index (κ3) is 3.05. The van der Waals surface area contributed by atoms with E-state index in [1.807, 2.05) is 11.7 Å². The number of nitrogens with zero attached hydrogens (tertiary/aromatic N) is 2. The van der Waals surface area contributed by atoms with E-state index in [-0.39, 0.29) is 6.04 Å². The average Bonchev–Trinajstić information content (AvgIpc) is 2.74. The Labute approximate surface area is 126 Å². The van der Waals surface area contributed by atoms with Gasteiger partial charge in [0.15, 0.2) is 0 Å². The highest BCUT2D eigenvalue weighted by molar-refractivity contribution is 6.31. The largest absolute Gasteiger partial charge is 0.305 e. The molecule has 1 aromatic heterocycles. The van der Waals surface area contributed by atoms with Gasteiger partial charge < -0.3 is 5.32 Å². The standard InChI is InChI=1S/C16H22ClN3/c1-5-8-18-15(16-14(17)10-19-20(16)4)13-9-11(2)6-7-12(13)3/h6-7,9-10,15,18H,5,8H2,1-4H3. The van der Waals surface area contributed by atoms with E-state index < -0.39 is 0 Å². The fraction of sp³-hybridized carbons (Fsp3) is 0.438. The van der Waals surface area contributed by atoms with Crippen LogP contribution in [0.25, 0.3) is 0 Å². The quantitative estimate of drug-likeness (QED) is 0.908. The van der Waals surface area contributed by atoms with Gasteiger partial charge in [-0.2, -0.15) is 5.10 Å². The minimum Gasteiger partial charge on any atom is -0.305 e. The predicted octanol–water partition coefficient (Wildman–Crippen LogP) is 3.78. The normalized spacial score (nSPS) is 12.7. The van der Waals surface area contributed by atoms with Gasteiger partial charge in [0.2, 0.25) is 0 Å². The van der Waals surface area contributed by atoms with Gasteiger partial charge in [-0.15, -0.1) is 0 Å². The lowest BCUT2D eigenvalue weighted by atomic mass is 9.96. The molecule has 1 unspecified atom stereocenters. The smallest absolute Gasteiger partial charge is 0.0837 e. The van der Waals surface area contributed by atoms with Crippen molar-refractivity contribution in [2.24, 2.45) is 7.05 Å². The number of aromatic nitrogens is 2. The third-order valence-corrected chi connectivity index (χ3v) is 3.85. The molecule has 2 rings (SSSR count). The summed E-state index contributed by atoms with van der Waals surface area (Å²) in [5.74, 6) is 0. The first-order valence-electron chi connectivity index (χ1n) is 7.02. The molecule has 1 N–H and O–H groups in total. The zero-order valence-corrected chi connectivity index (χ0v) is 13.3. The minimum atomic E-state index is 0.0786. The van der Waals surface area contributed by atoms with Crippen LogP contribution in [0.4, 0.5) is 0 Å². The Kier molecular flexibility index (Phi) is 4.84. The van der Waals surface area contributed by atoms with Crippen LogP contribution in [-0.4, -0.2) is 16.3 Å². The molecule has 0 saturated carbocycles. The molecule has 1 heterocycles. The maximum atomic E-state index is 6.34. The summed E-state index contributed by atoms with van der Waals surface area (Å²) >= 11 is 6.34. The van der Waals surface area contributed by atoms with E-state index in [0.29, 0.717) is 5.02 Å². The highest BCUT2D eigenvalue weighted by Gasteiger charge is 2.22. The van der Waals surface area contributed by atoms with E-state index >= 15 is 0 Å². The Morgan fingerprint density at radius 2 is 2.10 bits per heavy atom. The van der Waals surface area contributed by atoms with Gasteiger partial charge in [-0.1, -0.05) is 42.3 Å². The molecule has 0 aliphatic rings. The first-order chi connectivity index (χ1) is 9.54. The van der Waals surface area contributed by atoms with E-state index in [4.69, 9.17) is 11.6 Å².